The maximum atomic E-state index is 12.9. The molecule has 2 heterocycles. The van der Waals surface area contributed by atoms with E-state index >= 15 is 0 Å². The van der Waals surface area contributed by atoms with Gasteiger partial charge < -0.3 is 15.4 Å². The Labute approximate surface area is 162 Å². The lowest BCUT2D eigenvalue weighted by Crippen LogP contribution is -2.53. The number of likely N-dealkylation sites (tertiary alicyclic amines) is 1. The SMILES string of the molecule is CC(C(=O)N1CCC(C(N)=O)CC1)N1CCOC(c2cccc(Br)c2)C1. The predicted molar refractivity (Wildman–Crippen MR) is 102 cm³/mol. The minimum atomic E-state index is -0.254. The zero-order valence-corrected chi connectivity index (χ0v) is 16.7. The average Bonchev–Trinajstić information content (AvgIpc) is 2.67. The summed E-state index contributed by atoms with van der Waals surface area (Å²) >= 11 is 3.50. The van der Waals surface area contributed by atoms with Crippen molar-refractivity contribution in [2.45, 2.75) is 31.9 Å². The first-order valence-corrected chi connectivity index (χ1v) is 9.94. The van der Waals surface area contributed by atoms with Crippen LogP contribution in [0.1, 0.15) is 31.4 Å². The van der Waals surface area contributed by atoms with Crippen molar-refractivity contribution in [3.63, 3.8) is 0 Å². The molecule has 1 aromatic rings. The van der Waals surface area contributed by atoms with Gasteiger partial charge >= 0.3 is 0 Å². The predicted octanol–water partition coefficient (Wildman–Crippen LogP) is 1.93. The third kappa shape index (κ3) is 4.45. The highest BCUT2D eigenvalue weighted by molar-refractivity contribution is 9.10. The van der Waals surface area contributed by atoms with Gasteiger partial charge in [0.05, 0.1) is 18.8 Å². The fourth-order valence-corrected chi connectivity index (χ4v) is 4.15. The van der Waals surface area contributed by atoms with Gasteiger partial charge in [0.1, 0.15) is 0 Å². The van der Waals surface area contributed by atoms with Crippen molar-refractivity contribution >= 4 is 27.7 Å². The van der Waals surface area contributed by atoms with Crippen molar-refractivity contribution in [2.75, 3.05) is 32.8 Å². The third-order valence-electron chi connectivity index (χ3n) is 5.43. The first-order valence-electron chi connectivity index (χ1n) is 9.15. The van der Waals surface area contributed by atoms with Gasteiger partial charge in [-0.3, -0.25) is 14.5 Å². The van der Waals surface area contributed by atoms with E-state index in [4.69, 9.17) is 10.5 Å². The Hall–Kier alpha value is -1.44. The second-order valence-electron chi connectivity index (χ2n) is 7.09. The van der Waals surface area contributed by atoms with Crippen molar-refractivity contribution in [1.29, 1.82) is 0 Å². The molecule has 0 radical (unpaired) electrons. The quantitative estimate of drug-likeness (QED) is 0.802. The molecule has 2 atom stereocenters. The van der Waals surface area contributed by atoms with Crippen molar-refractivity contribution in [3.8, 4) is 0 Å². The number of primary amides is 1. The number of hydrogen-bond acceptors (Lipinski definition) is 4. The van der Waals surface area contributed by atoms with Gasteiger partial charge in [-0.25, -0.2) is 0 Å². The van der Waals surface area contributed by atoms with Gasteiger partial charge in [0, 0.05) is 36.6 Å². The highest BCUT2D eigenvalue weighted by Gasteiger charge is 2.33. The van der Waals surface area contributed by atoms with Gasteiger partial charge in [0.25, 0.3) is 0 Å². The molecule has 0 aromatic heterocycles. The Bertz CT molecular complexity index is 661. The molecule has 2 aliphatic heterocycles. The number of amides is 2. The molecule has 2 amide bonds. The fourth-order valence-electron chi connectivity index (χ4n) is 3.73. The highest BCUT2D eigenvalue weighted by atomic mass is 79.9. The minimum absolute atomic E-state index is 0.0305. The molecule has 1 aromatic carbocycles. The summed E-state index contributed by atoms with van der Waals surface area (Å²) < 4.78 is 6.95. The Morgan fingerprint density at radius 1 is 1.27 bits per heavy atom. The number of piperidine rings is 1. The van der Waals surface area contributed by atoms with Crippen LogP contribution in [0.5, 0.6) is 0 Å². The monoisotopic (exact) mass is 423 g/mol. The summed E-state index contributed by atoms with van der Waals surface area (Å²) in [6, 6.07) is 7.92. The Morgan fingerprint density at radius 3 is 2.65 bits per heavy atom. The second-order valence-corrected chi connectivity index (χ2v) is 8.00. The Morgan fingerprint density at radius 2 is 2.00 bits per heavy atom. The number of carbonyl (C=O) groups excluding carboxylic acids is 2. The number of nitrogens with two attached hydrogens (primary N) is 1. The van der Waals surface area contributed by atoms with Crippen LogP contribution in [-0.4, -0.2) is 60.4 Å². The highest BCUT2D eigenvalue weighted by Crippen LogP contribution is 2.26. The number of hydrogen-bond donors (Lipinski definition) is 1. The van der Waals surface area contributed by atoms with Crippen molar-refractivity contribution in [1.82, 2.24) is 9.80 Å². The van der Waals surface area contributed by atoms with Crippen molar-refractivity contribution in [3.05, 3.63) is 34.3 Å². The molecule has 2 fully saturated rings. The van der Waals surface area contributed by atoms with Crippen LogP contribution in [-0.2, 0) is 14.3 Å². The number of morpholine rings is 1. The van der Waals surface area contributed by atoms with E-state index in [0.717, 1.165) is 16.6 Å². The van der Waals surface area contributed by atoms with Gasteiger partial charge in [0.15, 0.2) is 0 Å². The zero-order valence-electron chi connectivity index (χ0n) is 15.1. The van der Waals surface area contributed by atoms with Crippen LogP contribution in [0.2, 0.25) is 0 Å². The molecule has 2 saturated heterocycles. The zero-order chi connectivity index (χ0) is 18.7. The summed E-state index contributed by atoms with van der Waals surface area (Å²) in [4.78, 5) is 28.3. The maximum absolute atomic E-state index is 12.9. The van der Waals surface area contributed by atoms with Crippen LogP contribution in [0.25, 0.3) is 0 Å². The van der Waals surface area contributed by atoms with Gasteiger partial charge in [-0.1, -0.05) is 28.1 Å². The molecular weight excluding hydrogens is 398 g/mol. The lowest BCUT2D eigenvalue weighted by atomic mass is 9.96. The molecule has 2 N–H and O–H groups in total. The number of nitrogens with zero attached hydrogens (tertiary/aromatic N) is 2. The van der Waals surface area contributed by atoms with Crippen LogP contribution in [0, 0.1) is 5.92 Å². The summed E-state index contributed by atoms with van der Waals surface area (Å²) in [5.41, 5.74) is 6.50. The van der Waals surface area contributed by atoms with Crippen LogP contribution in [0.3, 0.4) is 0 Å². The number of ether oxygens (including phenoxy) is 1. The number of benzene rings is 1. The topological polar surface area (TPSA) is 75.9 Å². The minimum Gasteiger partial charge on any atom is -0.371 e. The summed E-state index contributed by atoms with van der Waals surface area (Å²) in [5, 5.41) is 0. The van der Waals surface area contributed by atoms with E-state index in [9.17, 15) is 9.59 Å². The lowest BCUT2D eigenvalue weighted by Gasteiger charge is -2.39. The van der Waals surface area contributed by atoms with Crippen LogP contribution in [0.15, 0.2) is 28.7 Å². The van der Waals surface area contributed by atoms with E-state index in [-0.39, 0.29) is 29.9 Å². The lowest BCUT2D eigenvalue weighted by molar-refractivity contribution is -0.142. The number of carbonyl (C=O) groups is 2. The van der Waals surface area contributed by atoms with Crippen LogP contribution < -0.4 is 5.73 Å². The summed E-state index contributed by atoms with van der Waals surface area (Å²) in [5.74, 6) is -0.225. The van der Waals surface area contributed by atoms with Gasteiger partial charge in [-0.05, 0) is 37.5 Å². The number of rotatable bonds is 4. The standard InChI is InChI=1S/C19H26BrN3O3/c1-13(19(25)22-7-5-14(6-8-22)18(21)24)23-9-10-26-17(12-23)15-3-2-4-16(20)11-15/h2-4,11,13-14,17H,5-10,12H2,1H3,(H2,21,24). The fraction of sp³-hybridized carbons (Fsp3) is 0.579. The molecule has 0 aliphatic carbocycles. The van der Waals surface area contributed by atoms with E-state index in [0.29, 0.717) is 39.1 Å². The summed E-state index contributed by atoms with van der Waals surface area (Å²) in [7, 11) is 0. The van der Waals surface area contributed by atoms with E-state index < -0.39 is 0 Å². The van der Waals surface area contributed by atoms with Crippen LogP contribution in [0.4, 0.5) is 0 Å². The van der Waals surface area contributed by atoms with Crippen molar-refractivity contribution < 1.29 is 14.3 Å². The molecular formula is C19H26BrN3O3. The number of halogens is 1. The maximum Gasteiger partial charge on any atom is 0.239 e. The second kappa shape index (κ2) is 8.50. The molecule has 2 aliphatic rings. The van der Waals surface area contributed by atoms with Gasteiger partial charge in [0.2, 0.25) is 11.8 Å². The van der Waals surface area contributed by atoms with E-state index in [1.165, 1.54) is 0 Å². The first-order chi connectivity index (χ1) is 12.5. The van der Waals surface area contributed by atoms with E-state index in [2.05, 4.69) is 33.0 Å². The average molecular weight is 424 g/mol. The molecule has 2 unspecified atom stereocenters. The van der Waals surface area contributed by atoms with E-state index in [1.807, 2.05) is 24.0 Å². The molecule has 0 spiro atoms. The molecule has 0 saturated carbocycles. The normalized spacial score (nSPS) is 23.6. The Kier molecular flexibility index (Phi) is 6.32. The molecule has 6 nitrogen and oxygen atoms in total. The summed E-state index contributed by atoms with van der Waals surface area (Å²) in [6.45, 7) is 5.23. The van der Waals surface area contributed by atoms with Crippen molar-refractivity contribution in [2.24, 2.45) is 11.7 Å². The van der Waals surface area contributed by atoms with Crippen LogP contribution >= 0.6 is 15.9 Å². The Balaban J connectivity index is 1.59. The molecule has 7 heteroatoms. The third-order valence-corrected chi connectivity index (χ3v) is 5.93. The first kappa shape index (κ1) is 19.3. The summed E-state index contributed by atoms with van der Waals surface area (Å²) in [6.07, 6.45) is 1.30. The molecule has 0 bridgehead atoms. The smallest absolute Gasteiger partial charge is 0.239 e. The molecule has 3 rings (SSSR count). The molecule has 26 heavy (non-hydrogen) atoms. The van der Waals surface area contributed by atoms with E-state index in [1.54, 1.807) is 0 Å². The molecule has 142 valence electrons. The van der Waals surface area contributed by atoms with Gasteiger partial charge in [-0.15, -0.1) is 0 Å². The van der Waals surface area contributed by atoms with Gasteiger partial charge in [-0.2, -0.15) is 0 Å². The largest absolute Gasteiger partial charge is 0.371 e.